The Bertz CT molecular complexity index is 875. The van der Waals surface area contributed by atoms with Gasteiger partial charge in [0.05, 0.1) is 11.4 Å². The van der Waals surface area contributed by atoms with E-state index >= 15 is 0 Å². The van der Waals surface area contributed by atoms with E-state index in [1.165, 1.54) is 0 Å². The van der Waals surface area contributed by atoms with Crippen LogP contribution in [-0.2, 0) is 13.0 Å². The van der Waals surface area contributed by atoms with Gasteiger partial charge in [0.25, 0.3) is 11.8 Å². The van der Waals surface area contributed by atoms with E-state index in [9.17, 15) is 18.4 Å². The lowest BCUT2D eigenvalue weighted by molar-refractivity contribution is 0.0766. The van der Waals surface area contributed by atoms with Crippen LogP contribution in [0.1, 0.15) is 53.5 Å². The van der Waals surface area contributed by atoms with E-state index in [-0.39, 0.29) is 23.1 Å². The van der Waals surface area contributed by atoms with Crippen LogP contribution in [0.4, 0.5) is 14.5 Å². The van der Waals surface area contributed by atoms with Crippen molar-refractivity contribution in [2.75, 3.05) is 18.4 Å². The van der Waals surface area contributed by atoms with Crippen molar-refractivity contribution in [1.29, 1.82) is 0 Å². The molecule has 2 heterocycles. The number of halogens is 2. The lowest BCUT2D eigenvalue weighted by Gasteiger charge is -2.20. The Hall–Kier alpha value is -2.77. The molecule has 0 fully saturated rings. The molecule has 27 heavy (non-hydrogen) atoms. The van der Waals surface area contributed by atoms with E-state index in [0.29, 0.717) is 32.1 Å². The zero-order valence-corrected chi connectivity index (χ0v) is 15.4. The van der Waals surface area contributed by atoms with Gasteiger partial charge in [-0.05, 0) is 45.2 Å². The van der Waals surface area contributed by atoms with Crippen molar-refractivity contribution in [3.8, 4) is 0 Å². The standard InChI is InChI=1S/C19H22F2N4O2/c1-3-24(4-2)19(27)16-15-7-5-6-10-25(15)17(23-16)18(26)22-14-9-8-12(20)11-13(14)21/h8-9,11H,3-7,10H2,1-2H3,(H,22,26). The van der Waals surface area contributed by atoms with Crippen molar-refractivity contribution in [3.63, 3.8) is 0 Å². The number of rotatable bonds is 5. The first-order valence-corrected chi connectivity index (χ1v) is 9.11. The molecule has 1 aromatic heterocycles. The number of nitrogens with one attached hydrogen (secondary N) is 1. The minimum atomic E-state index is -0.867. The first-order valence-electron chi connectivity index (χ1n) is 9.11. The summed E-state index contributed by atoms with van der Waals surface area (Å²) >= 11 is 0. The van der Waals surface area contributed by atoms with Crippen molar-refractivity contribution in [1.82, 2.24) is 14.5 Å². The molecular weight excluding hydrogens is 354 g/mol. The minimum absolute atomic E-state index is 0.0731. The largest absolute Gasteiger partial charge is 0.338 e. The molecule has 0 atom stereocenters. The molecule has 1 N–H and O–H groups in total. The topological polar surface area (TPSA) is 67.2 Å². The minimum Gasteiger partial charge on any atom is -0.338 e. The second kappa shape index (κ2) is 7.85. The van der Waals surface area contributed by atoms with Crippen molar-refractivity contribution in [2.45, 2.75) is 39.7 Å². The maximum absolute atomic E-state index is 13.9. The van der Waals surface area contributed by atoms with E-state index in [2.05, 4.69) is 10.3 Å². The van der Waals surface area contributed by atoms with E-state index in [1.54, 1.807) is 9.47 Å². The number of nitrogens with zero attached hydrogens (tertiary/aromatic N) is 3. The number of aromatic nitrogens is 2. The van der Waals surface area contributed by atoms with Crippen LogP contribution in [0, 0.1) is 11.6 Å². The molecule has 2 amide bonds. The lowest BCUT2D eigenvalue weighted by Crippen LogP contribution is -2.31. The van der Waals surface area contributed by atoms with Gasteiger partial charge < -0.3 is 14.8 Å². The Balaban J connectivity index is 1.95. The van der Waals surface area contributed by atoms with Crippen molar-refractivity contribution in [2.24, 2.45) is 0 Å². The number of fused-ring (bicyclic) bond motifs is 1. The molecule has 0 aliphatic carbocycles. The third-order valence-corrected chi connectivity index (χ3v) is 4.75. The summed E-state index contributed by atoms with van der Waals surface area (Å²) in [6.07, 6.45) is 2.44. The maximum Gasteiger partial charge on any atom is 0.291 e. The molecule has 0 saturated heterocycles. The Morgan fingerprint density at radius 3 is 2.63 bits per heavy atom. The van der Waals surface area contributed by atoms with Crippen LogP contribution in [0.15, 0.2) is 18.2 Å². The monoisotopic (exact) mass is 376 g/mol. The van der Waals surface area contributed by atoms with Crippen molar-refractivity contribution in [3.05, 3.63) is 47.0 Å². The highest BCUT2D eigenvalue weighted by atomic mass is 19.1. The first kappa shape index (κ1) is 19.0. The van der Waals surface area contributed by atoms with Gasteiger partial charge in [-0.3, -0.25) is 9.59 Å². The fourth-order valence-electron chi connectivity index (χ4n) is 3.32. The Morgan fingerprint density at radius 2 is 1.96 bits per heavy atom. The summed E-state index contributed by atoms with van der Waals surface area (Å²) in [5.41, 5.74) is 0.886. The molecule has 0 spiro atoms. The number of amides is 2. The second-order valence-corrected chi connectivity index (χ2v) is 6.40. The van der Waals surface area contributed by atoms with Crippen LogP contribution in [0.2, 0.25) is 0 Å². The van der Waals surface area contributed by atoms with Crippen LogP contribution >= 0.6 is 0 Å². The SMILES string of the molecule is CCN(CC)C(=O)c1nc(C(=O)Nc2ccc(F)cc2F)n2c1CCCC2. The molecule has 1 aliphatic heterocycles. The second-order valence-electron chi connectivity index (χ2n) is 6.40. The molecule has 2 aromatic rings. The zero-order chi connectivity index (χ0) is 19.6. The lowest BCUT2D eigenvalue weighted by atomic mass is 10.1. The van der Waals surface area contributed by atoms with Gasteiger partial charge in [-0.2, -0.15) is 0 Å². The van der Waals surface area contributed by atoms with E-state index < -0.39 is 17.5 Å². The van der Waals surface area contributed by atoms with Crippen LogP contribution in [0.3, 0.4) is 0 Å². The maximum atomic E-state index is 13.9. The average Bonchev–Trinajstić information content (AvgIpc) is 3.04. The van der Waals surface area contributed by atoms with E-state index in [4.69, 9.17) is 0 Å². The number of carbonyl (C=O) groups is 2. The Morgan fingerprint density at radius 1 is 1.22 bits per heavy atom. The fourth-order valence-corrected chi connectivity index (χ4v) is 3.32. The number of carbonyl (C=O) groups excluding carboxylic acids is 2. The number of benzene rings is 1. The number of anilines is 1. The van der Waals surface area contributed by atoms with Gasteiger partial charge in [-0.25, -0.2) is 13.8 Å². The van der Waals surface area contributed by atoms with Gasteiger partial charge in [0, 0.05) is 25.7 Å². The van der Waals surface area contributed by atoms with Crippen molar-refractivity contribution < 1.29 is 18.4 Å². The first-order chi connectivity index (χ1) is 13.0. The predicted octanol–water partition coefficient (Wildman–Crippen LogP) is 3.23. The summed E-state index contributed by atoms with van der Waals surface area (Å²) < 4.78 is 28.6. The zero-order valence-electron chi connectivity index (χ0n) is 15.4. The van der Waals surface area contributed by atoms with Crippen LogP contribution in [0.25, 0.3) is 0 Å². The summed E-state index contributed by atoms with van der Waals surface area (Å²) in [4.78, 5) is 31.4. The number of imidazole rings is 1. The highest BCUT2D eigenvalue weighted by Gasteiger charge is 2.29. The van der Waals surface area contributed by atoms with Crippen LogP contribution < -0.4 is 5.32 Å². The summed E-state index contributed by atoms with van der Waals surface area (Å²) in [7, 11) is 0. The van der Waals surface area contributed by atoms with Gasteiger partial charge in [-0.15, -0.1) is 0 Å². The molecule has 6 nitrogen and oxygen atoms in total. The van der Waals surface area contributed by atoms with Crippen LogP contribution in [-0.4, -0.2) is 39.4 Å². The Kier molecular flexibility index (Phi) is 5.53. The molecular formula is C19H22F2N4O2. The smallest absolute Gasteiger partial charge is 0.291 e. The third-order valence-electron chi connectivity index (χ3n) is 4.75. The average molecular weight is 376 g/mol. The number of hydrogen-bond acceptors (Lipinski definition) is 3. The number of hydrogen-bond donors (Lipinski definition) is 1. The van der Waals surface area contributed by atoms with Gasteiger partial charge in [-0.1, -0.05) is 0 Å². The predicted molar refractivity (Wildman–Crippen MR) is 96.7 cm³/mol. The molecule has 144 valence electrons. The Labute approximate surface area is 156 Å². The summed E-state index contributed by atoms with van der Waals surface area (Å²) in [5, 5.41) is 2.42. The van der Waals surface area contributed by atoms with Gasteiger partial charge in [0.1, 0.15) is 17.3 Å². The summed E-state index contributed by atoms with van der Waals surface area (Å²) in [5.74, 6) is -2.35. The van der Waals surface area contributed by atoms with Gasteiger partial charge in [0.2, 0.25) is 0 Å². The summed E-state index contributed by atoms with van der Waals surface area (Å²) in [6.45, 7) is 5.43. The molecule has 1 aliphatic rings. The fraction of sp³-hybridized carbons (Fsp3) is 0.421. The summed E-state index contributed by atoms with van der Waals surface area (Å²) in [6, 6.07) is 2.92. The highest BCUT2D eigenvalue weighted by Crippen LogP contribution is 2.23. The molecule has 3 rings (SSSR count). The highest BCUT2D eigenvalue weighted by molar-refractivity contribution is 6.03. The molecule has 8 heteroatoms. The molecule has 0 saturated carbocycles. The van der Waals surface area contributed by atoms with Crippen molar-refractivity contribution >= 4 is 17.5 Å². The normalized spacial score (nSPS) is 13.2. The molecule has 1 aromatic carbocycles. The van der Waals surface area contributed by atoms with Gasteiger partial charge in [0.15, 0.2) is 5.82 Å². The van der Waals surface area contributed by atoms with Gasteiger partial charge >= 0.3 is 0 Å². The van der Waals surface area contributed by atoms with Crippen LogP contribution in [0.5, 0.6) is 0 Å². The molecule has 0 radical (unpaired) electrons. The van der Waals surface area contributed by atoms with E-state index in [1.807, 2.05) is 13.8 Å². The quantitative estimate of drug-likeness (QED) is 0.871. The molecule has 0 unspecified atom stereocenters. The third kappa shape index (κ3) is 3.70. The van der Waals surface area contributed by atoms with E-state index in [0.717, 1.165) is 30.7 Å². The molecule has 0 bridgehead atoms.